The van der Waals surface area contributed by atoms with Crippen LogP contribution >= 0.6 is 0 Å². The van der Waals surface area contributed by atoms with Gasteiger partial charge in [0.1, 0.15) is 11.5 Å². The molecule has 0 bridgehead atoms. The molecule has 1 fully saturated rings. The molecule has 0 amide bonds. The Morgan fingerprint density at radius 3 is 2.83 bits per heavy atom. The molecule has 0 aliphatic carbocycles. The van der Waals surface area contributed by atoms with Gasteiger partial charge in [-0.15, -0.1) is 0 Å². The molecule has 94 valence electrons. The van der Waals surface area contributed by atoms with Gasteiger partial charge in [0.25, 0.3) is 0 Å². The Bertz CT molecular complexity index is 554. The molecule has 1 atom stereocenters. The summed E-state index contributed by atoms with van der Waals surface area (Å²) >= 11 is 0. The molecule has 3 rings (SSSR count). The van der Waals surface area contributed by atoms with E-state index in [4.69, 9.17) is 0 Å². The van der Waals surface area contributed by atoms with Gasteiger partial charge in [-0.05, 0) is 32.9 Å². The minimum atomic E-state index is 0.430. The summed E-state index contributed by atoms with van der Waals surface area (Å²) in [6.45, 7) is 6.02. The van der Waals surface area contributed by atoms with Crippen LogP contribution < -0.4 is 5.32 Å². The number of aromatic amines is 1. The maximum Gasteiger partial charge on any atom is 0.156 e. The Morgan fingerprint density at radius 2 is 2.17 bits per heavy atom. The number of hydrogen-bond acceptors (Lipinski definition) is 4. The molecule has 1 aliphatic heterocycles. The van der Waals surface area contributed by atoms with Gasteiger partial charge in [-0.3, -0.25) is 0 Å². The summed E-state index contributed by atoms with van der Waals surface area (Å²) in [5.74, 6) is 2.19. The van der Waals surface area contributed by atoms with E-state index in [2.05, 4.69) is 25.3 Å². The van der Waals surface area contributed by atoms with Crippen molar-refractivity contribution in [2.45, 2.75) is 26.2 Å². The smallest absolute Gasteiger partial charge is 0.156 e. The summed E-state index contributed by atoms with van der Waals surface area (Å²) in [6.07, 6.45) is 2.93. The van der Waals surface area contributed by atoms with Crippen LogP contribution in [0.2, 0.25) is 0 Å². The molecule has 1 unspecified atom stereocenters. The molecule has 0 saturated carbocycles. The highest BCUT2D eigenvalue weighted by molar-refractivity contribution is 5.50. The molecule has 3 heterocycles. The third-order valence-corrected chi connectivity index (χ3v) is 3.24. The van der Waals surface area contributed by atoms with E-state index in [0.29, 0.717) is 5.92 Å². The van der Waals surface area contributed by atoms with Crippen LogP contribution in [0.1, 0.15) is 29.6 Å². The maximum absolute atomic E-state index is 4.65. The number of H-pyrrole nitrogens is 1. The highest BCUT2D eigenvalue weighted by Gasteiger charge is 2.20. The first-order chi connectivity index (χ1) is 8.72. The fraction of sp³-hybridized carbons (Fsp3) is 0.462. The highest BCUT2D eigenvalue weighted by Crippen LogP contribution is 2.22. The minimum absolute atomic E-state index is 0.430. The first kappa shape index (κ1) is 11.3. The minimum Gasteiger partial charge on any atom is -0.341 e. The van der Waals surface area contributed by atoms with E-state index in [1.807, 2.05) is 26.1 Å². The third kappa shape index (κ3) is 2.13. The number of aryl methyl sites for hydroxylation is 2. The molecule has 5 nitrogen and oxygen atoms in total. The van der Waals surface area contributed by atoms with Gasteiger partial charge in [-0.25, -0.2) is 15.0 Å². The lowest BCUT2D eigenvalue weighted by atomic mass is 10.1. The van der Waals surface area contributed by atoms with Gasteiger partial charge in [0.05, 0.1) is 0 Å². The zero-order valence-corrected chi connectivity index (χ0v) is 10.7. The van der Waals surface area contributed by atoms with Crippen molar-refractivity contribution in [3.63, 3.8) is 0 Å². The van der Waals surface area contributed by atoms with Crippen molar-refractivity contribution in [2.24, 2.45) is 0 Å². The molecule has 2 aromatic heterocycles. The van der Waals surface area contributed by atoms with Crippen molar-refractivity contribution in [3.8, 4) is 11.5 Å². The predicted molar refractivity (Wildman–Crippen MR) is 69.3 cm³/mol. The topological polar surface area (TPSA) is 66.5 Å². The monoisotopic (exact) mass is 243 g/mol. The zero-order chi connectivity index (χ0) is 12.5. The first-order valence-electron chi connectivity index (χ1n) is 6.30. The van der Waals surface area contributed by atoms with Gasteiger partial charge in [-0.2, -0.15) is 0 Å². The summed E-state index contributed by atoms with van der Waals surface area (Å²) < 4.78 is 0. The van der Waals surface area contributed by atoms with E-state index in [1.54, 1.807) is 0 Å². The van der Waals surface area contributed by atoms with E-state index in [-0.39, 0.29) is 0 Å². The van der Waals surface area contributed by atoms with Crippen LogP contribution in [-0.2, 0) is 0 Å². The second-order valence-corrected chi connectivity index (χ2v) is 4.86. The van der Waals surface area contributed by atoms with E-state index < -0.39 is 0 Å². The summed E-state index contributed by atoms with van der Waals surface area (Å²) in [6, 6.07) is 1.98. The van der Waals surface area contributed by atoms with E-state index in [1.165, 1.54) is 0 Å². The van der Waals surface area contributed by atoms with Crippen molar-refractivity contribution in [3.05, 3.63) is 29.5 Å². The molecular weight excluding hydrogens is 226 g/mol. The Kier molecular flexibility index (Phi) is 2.83. The first-order valence-corrected chi connectivity index (χ1v) is 6.30. The largest absolute Gasteiger partial charge is 0.341 e. The highest BCUT2D eigenvalue weighted by atomic mass is 15.0. The molecule has 5 heteroatoms. The molecule has 1 aliphatic rings. The second-order valence-electron chi connectivity index (χ2n) is 4.86. The molecule has 0 aromatic carbocycles. The summed E-state index contributed by atoms with van der Waals surface area (Å²) in [4.78, 5) is 16.8. The van der Waals surface area contributed by atoms with Crippen molar-refractivity contribution in [1.29, 1.82) is 0 Å². The van der Waals surface area contributed by atoms with E-state index >= 15 is 0 Å². The molecule has 0 spiro atoms. The quantitative estimate of drug-likeness (QED) is 0.840. The number of nitrogens with one attached hydrogen (secondary N) is 2. The lowest BCUT2D eigenvalue weighted by Gasteiger charge is -2.09. The molecule has 2 aromatic rings. The number of imidazole rings is 1. The Morgan fingerprint density at radius 1 is 1.28 bits per heavy atom. The van der Waals surface area contributed by atoms with Crippen LogP contribution in [0.5, 0.6) is 0 Å². The maximum atomic E-state index is 4.65. The lowest BCUT2D eigenvalue weighted by Crippen LogP contribution is -2.11. The van der Waals surface area contributed by atoms with E-state index in [9.17, 15) is 0 Å². The lowest BCUT2D eigenvalue weighted by molar-refractivity contribution is 0.698. The Hall–Kier alpha value is -1.75. The normalized spacial score (nSPS) is 19.3. The van der Waals surface area contributed by atoms with Crippen LogP contribution in [0.15, 0.2) is 12.3 Å². The third-order valence-electron chi connectivity index (χ3n) is 3.24. The summed E-state index contributed by atoms with van der Waals surface area (Å²) in [5.41, 5.74) is 2.93. The van der Waals surface area contributed by atoms with Crippen molar-refractivity contribution < 1.29 is 0 Å². The fourth-order valence-electron chi connectivity index (χ4n) is 2.31. The van der Waals surface area contributed by atoms with Gasteiger partial charge in [0, 0.05) is 30.0 Å². The van der Waals surface area contributed by atoms with Gasteiger partial charge >= 0.3 is 0 Å². The number of hydrogen-bond donors (Lipinski definition) is 2. The van der Waals surface area contributed by atoms with E-state index in [0.717, 1.165) is 48.2 Å². The van der Waals surface area contributed by atoms with Gasteiger partial charge in [0.2, 0.25) is 0 Å². The molecule has 2 N–H and O–H groups in total. The zero-order valence-electron chi connectivity index (χ0n) is 10.7. The van der Waals surface area contributed by atoms with Gasteiger partial charge < -0.3 is 10.3 Å². The number of aromatic nitrogens is 4. The van der Waals surface area contributed by atoms with Crippen LogP contribution in [0.4, 0.5) is 0 Å². The predicted octanol–water partition coefficient (Wildman–Crippen LogP) is 1.56. The average Bonchev–Trinajstić information content (AvgIpc) is 2.98. The molecule has 0 radical (unpaired) electrons. The van der Waals surface area contributed by atoms with Crippen LogP contribution in [0, 0.1) is 13.8 Å². The summed E-state index contributed by atoms with van der Waals surface area (Å²) in [5, 5.41) is 3.35. The summed E-state index contributed by atoms with van der Waals surface area (Å²) in [7, 11) is 0. The van der Waals surface area contributed by atoms with Crippen molar-refractivity contribution in [2.75, 3.05) is 13.1 Å². The van der Waals surface area contributed by atoms with Gasteiger partial charge in [-0.1, -0.05) is 0 Å². The van der Waals surface area contributed by atoms with Crippen LogP contribution in [0.3, 0.4) is 0 Å². The van der Waals surface area contributed by atoms with Crippen LogP contribution in [-0.4, -0.2) is 33.0 Å². The Balaban J connectivity index is 1.99. The SMILES string of the molecule is Cc1cc(-c2ncc(C)[nH]2)nc(C2CCNC2)n1. The van der Waals surface area contributed by atoms with Crippen molar-refractivity contribution in [1.82, 2.24) is 25.3 Å². The number of nitrogens with zero attached hydrogens (tertiary/aromatic N) is 3. The number of rotatable bonds is 2. The molecule has 18 heavy (non-hydrogen) atoms. The Labute approximate surface area is 106 Å². The standard InChI is InChI=1S/C13H17N5/c1-8-5-11(13-15-6-9(2)17-13)18-12(16-8)10-3-4-14-7-10/h5-6,10,14H,3-4,7H2,1-2H3,(H,15,17). The van der Waals surface area contributed by atoms with Gasteiger partial charge in [0.15, 0.2) is 5.82 Å². The molecular formula is C13H17N5. The molecule has 1 saturated heterocycles. The average molecular weight is 243 g/mol. The fourth-order valence-corrected chi connectivity index (χ4v) is 2.31. The van der Waals surface area contributed by atoms with Crippen molar-refractivity contribution >= 4 is 0 Å². The second kappa shape index (κ2) is 4.49. The van der Waals surface area contributed by atoms with Crippen LogP contribution in [0.25, 0.3) is 11.5 Å².